The van der Waals surface area contributed by atoms with Crippen LogP contribution in [0.3, 0.4) is 0 Å². The predicted molar refractivity (Wildman–Crippen MR) is 178 cm³/mol. The molecule has 3 N–H and O–H groups in total. The molecule has 0 aliphatic carbocycles. The fourth-order valence-corrected chi connectivity index (χ4v) is 9.35. The van der Waals surface area contributed by atoms with E-state index in [1.807, 2.05) is 6.92 Å². The first-order chi connectivity index (χ1) is 21.3. The van der Waals surface area contributed by atoms with Crippen molar-refractivity contribution in [1.29, 1.82) is 0 Å². The fraction of sp³-hybridized carbons (Fsp3) is 0.484. The maximum absolute atomic E-state index is 13.4. The monoisotopic (exact) mass is 697 g/mol. The molecule has 4 atom stereocenters. The number of aryl methyl sites for hydroxylation is 1. The summed E-state index contributed by atoms with van der Waals surface area (Å²) in [4.78, 5) is 52.3. The van der Waals surface area contributed by atoms with Gasteiger partial charge in [0.1, 0.15) is 18.0 Å². The number of carbonyl (C=O) groups excluding carboxylic acids is 4. The summed E-state index contributed by atoms with van der Waals surface area (Å²) in [5.41, 5.74) is 1.46. The van der Waals surface area contributed by atoms with Crippen molar-refractivity contribution in [2.75, 3.05) is 11.6 Å². The zero-order valence-electron chi connectivity index (χ0n) is 25.5. The van der Waals surface area contributed by atoms with Gasteiger partial charge in [0.2, 0.25) is 17.6 Å². The molecule has 3 rings (SSSR count). The van der Waals surface area contributed by atoms with Crippen LogP contribution in [0, 0.1) is 12.8 Å². The molecule has 2 unspecified atom stereocenters. The van der Waals surface area contributed by atoms with Crippen LogP contribution in [0.15, 0.2) is 53.4 Å². The van der Waals surface area contributed by atoms with Crippen LogP contribution in [-0.4, -0.2) is 65.1 Å². The standard InChI is InChI=1S/C31H40ClN3O7S3/c1-20(2)28(35-27(36)7-5-4-6-24-16-17-43-44(24)40)30(38)34-26(18-22-10-12-23(32)13-11-22)29(37)31(39)33-19-45(41,42)25-14-8-21(3)9-15-25/h8-15,20,24,26,28H,4-7,16-19H2,1-3H3,(H,33,39)(H,34,38)(H,35,36)/t24?,26-,28-,44?/m0/s1. The van der Waals surface area contributed by atoms with E-state index in [-0.39, 0.29) is 34.8 Å². The van der Waals surface area contributed by atoms with Crippen LogP contribution >= 0.6 is 22.4 Å². The summed E-state index contributed by atoms with van der Waals surface area (Å²) < 4.78 is 37.4. The Kier molecular flexibility index (Phi) is 14.1. The molecule has 10 nitrogen and oxygen atoms in total. The number of sulfone groups is 1. The van der Waals surface area contributed by atoms with Gasteiger partial charge in [-0.05, 0) is 61.9 Å². The van der Waals surface area contributed by atoms with Gasteiger partial charge in [-0.3, -0.25) is 19.2 Å². The lowest BCUT2D eigenvalue weighted by Crippen LogP contribution is -2.56. The largest absolute Gasteiger partial charge is 0.344 e. The highest BCUT2D eigenvalue weighted by atomic mass is 35.5. The van der Waals surface area contributed by atoms with Crippen LogP contribution in [0.5, 0.6) is 0 Å². The third-order valence-corrected chi connectivity index (χ3v) is 12.8. The normalized spacial score (nSPS) is 17.8. The molecule has 1 aliphatic rings. The lowest BCUT2D eigenvalue weighted by molar-refractivity contribution is -0.140. The third kappa shape index (κ3) is 11.5. The number of unbranched alkanes of at least 4 members (excludes halogenated alkanes) is 1. The number of hydrogen-bond donors (Lipinski definition) is 3. The predicted octanol–water partition coefficient (Wildman–Crippen LogP) is 3.66. The number of hydrogen-bond acceptors (Lipinski definition) is 8. The second-order valence-electron chi connectivity index (χ2n) is 11.4. The smallest absolute Gasteiger partial charge is 0.290 e. The van der Waals surface area contributed by atoms with Gasteiger partial charge in [0.05, 0.1) is 14.7 Å². The molecular formula is C31H40ClN3O7S3. The van der Waals surface area contributed by atoms with Crippen LogP contribution in [0.2, 0.25) is 5.02 Å². The van der Waals surface area contributed by atoms with E-state index in [9.17, 15) is 31.8 Å². The molecule has 0 radical (unpaired) electrons. The van der Waals surface area contributed by atoms with Crippen LogP contribution in [0.4, 0.5) is 0 Å². The fourth-order valence-electron chi connectivity index (χ4n) is 4.69. The Bertz CT molecular complexity index is 1480. The molecule has 45 heavy (non-hydrogen) atoms. The Morgan fingerprint density at radius 2 is 1.67 bits per heavy atom. The molecule has 1 fully saturated rings. The topological polar surface area (TPSA) is 156 Å². The number of Topliss-reactive ketones (excluding diaryl/α,β-unsaturated/α-hetero) is 1. The van der Waals surface area contributed by atoms with Crippen molar-refractivity contribution >= 4 is 65.6 Å². The molecule has 14 heteroatoms. The molecule has 1 aliphatic heterocycles. The number of nitrogens with one attached hydrogen (secondary N) is 3. The average Bonchev–Trinajstić information content (AvgIpc) is 3.41. The Balaban J connectivity index is 1.65. The van der Waals surface area contributed by atoms with E-state index in [0.29, 0.717) is 17.0 Å². The summed E-state index contributed by atoms with van der Waals surface area (Å²) in [5.74, 6) is -3.44. The van der Waals surface area contributed by atoms with E-state index in [1.54, 1.807) is 50.2 Å². The summed E-state index contributed by atoms with van der Waals surface area (Å²) in [6.07, 6.45) is 3.14. The maximum Gasteiger partial charge on any atom is 0.290 e. The first kappa shape index (κ1) is 36.7. The van der Waals surface area contributed by atoms with Crippen molar-refractivity contribution in [1.82, 2.24) is 16.0 Å². The van der Waals surface area contributed by atoms with E-state index < -0.39 is 55.2 Å². The van der Waals surface area contributed by atoms with Crippen molar-refractivity contribution in [3.63, 3.8) is 0 Å². The number of ketones is 1. The number of amides is 3. The Morgan fingerprint density at radius 3 is 2.27 bits per heavy atom. The van der Waals surface area contributed by atoms with Gasteiger partial charge in [0.25, 0.3) is 5.91 Å². The molecule has 246 valence electrons. The van der Waals surface area contributed by atoms with E-state index >= 15 is 0 Å². The van der Waals surface area contributed by atoms with Gasteiger partial charge in [0.15, 0.2) is 9.84 Å². The summed E-state index contributed by atoms with van der Waals surface area (Å²) >= 11 is 5.99. The third-order valence-electron chi connectivity index (χ3n) is 7.37. The number of carbonyl (C=O) groups is 4. The Morgan fingerprint density at radius 1 is 1.00 bits per heavy atom. The average molecular weight is 698 g/mol. The van der Waals surface area contributed by atoms with Crippen LogP contribution < -0.4 is 16.0 Å². The lowest BCUT2D eigenvalue weighted by Gasteiger charge is -2.25. The lowest BCUT2D eigenvalue weighted by atomic mass is 9.99. The molecule has 0 saturated carbocycles. The molecule has 2 aromatic rings. The number of benzene rings is 2. The van der Waals surface area contributed by atoms with Gasteiger partial charge in [-0.1, -0.05) is 72.5 Å². The van der Waals surface area contributed by atoms with Crippen LogP contribution in [0.25, 0.3) is 0 Å². The van der Waals surface area contributed by atoms with Crippen molar-refractivity contribution in [3.05, 3.63) is 64.7 Å². The zero-order chi connectivity index (χ0) is 33.1. The molecule has 0 spiro atoms. The van der Waals surface area contributed by atoms with Gasteiger partial charge in [-0.25, -0.2) is 12.6 Å². The van der Waals surface area contributed by atoms with E-state index in [0.717, 1.165) is 30.6 Å². The van der Waals surface area contributed by atoms with Gasteiger partial charge in [0, 0.05) is 28.9 Å². The SMILES string of the molecule is Cc1ccc(S(=O)(=O)CNC(=O)C(=O)[C@H](Cc2ccc(Cl)cc2)NC(=O)[C@@H](NC(=O)CCCCC2CCSS2=O)C(C)C)cc1. The minimum absolute atomic E-state index is 0.00473. The molecular weight excluding hydrogens is 658 g/mol. The Labute approximate surface area is 276 Å². The Hall–Kier alpha value is -2.74. The highest BCUT2D eigenvalue weighted by molar-refractivity contribution is 8.69. The second-order valence-corrected chi connectivity index (χ2v) is 17.3. The minimum atomic E-state index is -3.92. The highest BCUT2D eigenvalue weighted by Gasteiger charge is 2.32. The number of rotatable bonds is 16. The summed E-state index contributed by atoms with van der Waals surface area (Å²) in [6.45, 7) is 5.30. The first-order valence-corrected chi connectivity index (χ1v) is 19.5. The summed E-state index contributed by atoms with van der Waals surface area (Å²) in [6, 6.07) is 10.3. The van der Waals surface area contributed by atoms with Gasteiger partial charge in [-0.2, -0.15) is 0 Å². The molecule has 1 saturated heterocycles. The van der Waals surface area contributed by atoms with Gasteiger partial charge >= 0.3 is 0 Å². The van der Waals surface area contributed by atoms with Crippen molar-refractivity contribution in [2.24, 2.45) is 5.92 Å². The highest BCUT2D eigenvalue weighted by Crippen LogP contribution is 2.29. The quantitative estimate of drug-likeness (QED) is 0.136. The molecule has 1 heterocycles. The summed E-state index contributed by atoms with van der Waals surface area (Å²) in [7, 11) is -3.33. The minimum Gasteiger partial charge on any atom is -0.344 e. The molecule has 0 bridgehead atoms. The van der Waals surface area contributed by atoms with Crippen molar-refractivity contribution in [2.45, 2.75) is 81.5 Å². The zero-order valence-corrected chi connectivity index (χ0v) is 28.8. The maximum atomic E-state index is 13.4. The van der Waals surface area contributed by atoms with E-state index in [2.05, 4.69) is 16.0 Å². The van der Waals surface area contributed by atoms with Crippen molar-refractivity contribution in [3.8, 4) is 0 Å². The molecule has 0 aromatic heterocycles. The van der Waals surface area contributed by atoms with Crippen molar-refractivity contribution < 1.29 is 31.8 Å². The number of halogens is 1. The van der Waals surface area contributed by atoms with E-state index in [1.165, 1.54) is 22.9 Å². The van der Waals surface area contributed by atoms with Gasteiger partial charge < -0.3 is 16.0 Å². The first-order valence-electron chi connectivity index (χ1n) is 14.8. The van der Waals surface area contributed by atoms with Crippen LogP contribution in [-0.2, 0) is 45.3 Å². The molecule has 3 amide bonds. The van der Waals surface area contributed by atoms with E-state index in [4.69, 9.17) is 11.6 Å². The van der Waals surface area contributed by atoms with Crippen LogP contribution in [0.1, 0.15) is 57.1 Å². The second kappa shape index (κ2) is 17.3. The molecule has 2 aromatic carbocycles. The summed E-state index contributed by atoms with van der Waals surface area (Å²) in [5, 5.41) is 8.15. The van der Waals surface area contributed by atoms with Gasteiger partial charge in [-0.15, -0.1) is 0 Å².